The Morgan fingerprint density at radius 3 is 2.19 bits per heavy atom. The minimum Gasteiger partial charge on any atom is -0.494 e. The first kappa shape index (κ1) is 27.3. The van der Waals surface area contributed by atoms with E-state index >= 15 is 0 Å². The van der Waals surface area contributed by atoms with E-state index in [1.54, 1.807) is 18.2 Å². The number of methoxy groups -OCH3 is 3. The van der Waals surface area contributed by atoms with Gasteiger partial charge in [0.25, 0.3) is 0 Å². The highest BCUT2D eigenvalue weighted by Crippen LogP contribution is 2.35. The lowest BCUT2D eigenvalue weighted by atomic mass is 10.2. The lowest BCUT2D eigenvalue weighted by Crippen LogP contribution is -2.30. The number of rotatable bonds is 12. The van der Waals surface area contributed by atoms with Crippen LogP contribution in [-0.4, -0.2) is 65.6 Å². The van der Waals surface area contributed by atoms with Crippen LogP contribution in [0.4, 0.5) is 0 Å². The molecular formula is C22H27ClN6O6S. The molecule has 2 aromatic heterocycles. The number of primary amides is 1. The summed E-state index contributed by atoms with van der Waals surface area (Å²) in [6, 6.07) is 5.10. The second-order valence-corrected chi connectivity index (χ2v) is 10.6. The van der Waals surface area contributed by atoms with Crippen LogP contribution in [0.25, 0.3) is 5.69 Å². The number of amides is 1. The quantitative estimate of drug-likeness (QED) is 0.360. The Balaban J connectivity index is 2.07. The van der Waals surface area contributed by atoms with Crippen molar-refractivity contribution in [1.29, 1.82) is 0 Å². The molecule has 12 nitrogen and oxygen atoms in total. The van der Waals surface area contributed by atoms with Crippen molar-refractivity contribution < 1.29 is 27.4 Å². The molecule has 2 heterocycles. The first-order chi connectivity index (χ1) is 17.1. The monoisotopic (exact) mass is 538 g/mol. The minimum absolute atomic E-state index is 0.0155. The molecule has 0 saturated carbocycles. The zero-order valence-electron chi connectivity index (χ0n) is 20.2. The van der Waals surface area contributed by atoms with E-state index in [0.717, 1.165) is 0 Å². The van der Waals surface area contributed by atoms with Crippen LogP contribution in [0.15, 0.2) is 30.6 Å². The van der Waals surface area contributed by atoms with Gasteiger partial charge in [-0.15, -0.1) is 10.2 Å². The highest BCUT2D eigenvalue weighted by atomic mass is 35.5. The van der Waals surface area contributed by atoms with E-state index in [2.05, 4.69) is 20.2 Å². The number of hydrogen-bond acceptors (Lipinski definition) is 10. The molecule has 0 bridgehead atoms. The molecule has 2 atom stereocenters. The maximum atomic E-state index is 13.5. The number of aromatic nitrogens is 5. The predicted octanol–water partition coefficient (Wildman–Crippen LogP) is 1.84. The number of nitrogens with two attached hydrogens (primary N) is 1. The van der Waals surface area contributed by atoms with Crippen LogP contribution in [0.5, 0.6) is 11.5 Å². The van der Waals surface area contributed by atoms with Gasteiger partial charge in [0, 0.05) is 32.3 Å². The number of para-hydroxylation sites is 1. The van der Waals surface area contributed by atoms with E-state index in [0.29, 0.717) is 28.0 Å². The molecule has 1 aromatic carbocycles. The van der Waals surface area contributed by atoms with Crippen molar-refractivity contribution in [2.75, 3.05) is 21.3 Å². The van der Waals surface area contributed by atoms with Crippen molar-refractivity contribution in [2.45, 2.75) is 36.9 Å². The maximum Gasteiger partial charge on any atom is 0.217 e. The summed E-state index contributed by atoms with van der Waals surface area (Å²) in [6.07, 6.45) is 1.88. The van der Waals surface area contributed by atoms with Gasteiger partial charge in [-0.25, -0.2) is 18.4 Å². The van der Waals surface area contributed by atoms with Crippen molar-refractivity contribution in [2.24, 2.45) is 5.73 Å². The van der Waals surface area contributed by atoms with E-state index in [9.17, 15) is 13.2 Å². The fourth-order valence-corrected chi connectivity index (χ4v) is 5.15. The van der Waals surface area contributed by atoms with Gasteiger partial charge < -0.3 is 19.9 Å². The Morgan fingerprint density at radius 1 is 1.08 bits per heavy atom. The summed E-state index contributed by atoms with van der Waals surface area (Å²) in [5, 5.41) is 7.55. The molecule has 36 heavy (non-hydrogen) atoms. The van der Waals surface area contributed by atoms with Crippen LogP contribution in [-0.2, 0) is 31.5 Å². The molecule has 14 heteroatoms. The molecule has 0 aliphatic heterocycles. The average Bonchev–Trinajstić information content (AvgIpc) is 3.24. The van der Waals surface area contributed by atoms with E-state index in [1.807, 2.05) is 0 Å². The molecular weight excluding hydrogens is 512 g/mol. The summed E-state index contributed by atoms with van der Waals surface area (Å²) >= 11 is 5.86. The SMILES string of the molecule is COc1cccc(OC)c1-n1c(CCC(N)=O)nnc1CS(=O)(=O)[C@@H](C)[C@H](OC)c1ncc(Cl)cn1. The maximum absolute atomic E-state index is 13.5. The number of carbonyl (C=O) groups excluding carboxylic acids is 1. The Labute approximate surface area is 213 Å². The summed E-state index contributed by atoms with van der Waals surface area (Å²) in [5.41, 5.74) is 5.72. The van der Waals surface area contributed by atoms with Crippen LogP contribution < -0.4 is 15.2 Å². The first-order valence-corrected chi connectivity index (χ1v) is 12.9. The third kappa shape index (κ3) is 5.91. The fraction of sp³-hybridized carbons (Fsp3) is 0.409. The molecule has 0 aliphatic carbocycles. The van der Waals surface area contributed by atoms with E-state index in [4.69, 9.17) is 31.5 Å². The zero-order chi connectivity index (χ0) is 26.5. The van der Waals surface area contributed by atoms with Crippen molar-refractivity contribution in [3.8, 4) is 17.2 Å². The molecule has 0 fully saturated rings. The summed E-state index contributed by atoms with van der Waals surface area (Å²) < 4.78 is 45.0. The van der Waals surface area contributed by atoms with E-state index < -0.39 is 32.9 Å². The van der Waals surface area contributed by atoms with Crippen LogP contribution >= 0.6 is 11.6 Å². The molecule has 0 unspecified atom stereocenters. The Morgan fingerprint density at radius 2 is 1.67 bits per heavy atom. The van der Waals surface area contributed by atoms with Gasteiger partial charge in [0.15, 0.2) is 21.5 Å². The number of hydrogen-bond donors (Lipinski definition) is 1. The molecule has 0 aliphatic rings. The largest absolute Gasteiger partial charge is 0.494 e. The van der Waals surface area contributed by atoms with Gasteiger partial charge in [0.2, 0.25) is 5.91 Å². The minimum atomic E-state index is -3.91. The Bertz CT molecular complexity index is 1290. The van der Waals surface area contributed by atoms with Gasteiger partial charge in [-0.05, 0) is 19.1 Å². The molecule has 1 amide bonds. The third-order valence-electron chi connectivity index (χ3n) is 5.49. The summed E-state index contributed by atoms with van der Waals surface area (Å²) in [4.78, 5) is 19.6. The number of halogens is 1. The first-order valence-electron chi connectivity index (χ1n) is 10.8. The second-order valence-electron chi connectivity index (χ2n) is 7.77. The smallest absolute Gasteiger partial charge is 0.217 e. The van der Waals surface area contributed by atoms with Crippen LogP contribution in [0, 0.1) is 0 Å². The molecule has 0 spiro atoms. The Kier molecular flexibility index (Phi) is 8.82. The van der Waals surface area contributed by atoms with Gasteiger partial charge in [-0.2, -0.15) is 0 Å². The number of benzene rings is 1. The molecule has 0 saturated heterocycles. The standard InChI is InChI=1S/C22H27ClN6O6S/c1-13(21(35-4)22-25-10-14(23)11-26-22)36(31,32)12-19-28-27-18(9-8-17(24)30)29(19)20-15(33-2)6-5-7-16(20)34-3/h5-7,10-11,13,21H,8-9,12H2,1-4H3,(H2,24,30)/t13-,21-/m0/s1. The van der Waals surface area contributed by atoms with Gasteiger partial charge in [0.05, 0.1) is 24.5 Å². The molecule has 3 rings (SSSR count). The number of aryl methyl sites for hydroxylation is 1. The highest BCUT2D eigenvalue weighted by molar-refractivity contribution is 7.91. The third-order valence-corrected chi connectivity index (χ3v) is 7.73. The molecule has 194 valence electrons. The van der Waals surface area contributed by atoms with Crippen molar-refractivity contribution in [1.82, 2.24) is 24.7 Å². The van der Waals surface area contributed by atoms with Gasteiger partial charge >= 0.3 is 0 Å². The van der Waals surface area contributed by atoms with Crippen molar-refractivity contribution in [3.63, 3.8) is 0 Å². The lowest BCUT2D eigenvalue weighted by Gasteiger charge is -2.22. The normalized spacial score (nSPS) is 13.2. The molecule has 2 N–H and O–H groups in total. The van der Waals surface area contributed by atoms with E-state index in [-0.39, 0.29) is 24.5 Å². The topological polar surface area (TPSA) is 161 Å². The van der Waals surface area contributed by atoms with Crippen LogP contribution in [0.2, 0.25) is 5.02 Å². The van der Waals surface area contributed by atoms with Crippen LogP contribution in [0.1, 0.15) is 36.9 Å². The van der Waals surface area contributed by atoms with E-state index in [1.165, 1.54) is 45.2 Å². The predicted molar refractivity (Wildman–Crippen MR) is 131 cm³/mol. The van der Waals surface area contributed by atoms with Crippen LogP contribution in [0.3, 0.4) is 0 Å². The number of carbonyl (C=O) groups is 1. The van der Waals surface area contributed by atoms with Gasteiger partial charge in [0.1, 0.15) is 34.9 Å². The van der Waals surface area contributed by atoms with Crippen molar-refractivity contribution >= 4 is 27.3 Å². The Hall–Kier alpha value is -3.29. The van der Waals surface area contributed by atoms with Crippen molar-refractivity contribution in [3.05, 3.63) is 53.1 Å². The lowest BCUT2D eigenvalue weighted by molar-refractivity contribution is -0.118. The van der Waals surface area contributed by atoms with Gasteiger partial charge in [-0.3, -0.25) is 9.36 Å². The highest BCUT2D eigenvalue weighted by Gasteiger charge is 2.35. The zero-order valence-corrected chi connectivity index (χ0v) is 21.8. The van der Waals surface area contributed by atoms with Gasteiger partial charge in [-0.1, -0.05) is 17.7 Å². The molecule has 3 aromatic rings. The summed E-state index contributed by atoms with van der Waals surface area (Å²) in [6.45, 7) is 1.50. The molecule has 0 radical (unpaired) electrons. The number of ether oxygens (including phenoxy) is 3. The average molecular weight is 539 g/mol. The summed E-state index contributed by atoms with van der Waals surface area (Å²) in [7, 11) is 0.412. The second kappa shape index (κ2) is 11.6. The summed E-state index contributed by atoms with van der Waals surface area (Å²) in [5.74, 6) is 0.329. The number of sulfone groups is 1. The fourth-order valence-electron chi connectivity index (χ4n) is 3.63. The number of nitrogens with zero attached hydrogens (tertiary/aromatic N) is 5.